The van der Waals surface area contributed by atoms with E-state index in [4.69, 9.17) is 0 Å². The van der Waals surface area contributed by atoms with Crippen molar-refractivity contribution >= 4 is 25.0 Å². The molecule has 1 nitrogen and oxygen atoms in total. The number of nitrogens with one attached hydrogen (secondary N) is 1. The van der Waals surface area contributed by atoms with Crippen LogP contribution >= 0.6 is 11.8 Å². The molecule has 0 saturated heterocycles. The maximum absolute atomic E-state index is 3.78. The molecule has 0 bridgehead atoms. The average Bonchev–Trinajstić information content (AvgIpc) is 2.84. The lowest BCUT2D eigenvalue weighted by Crippen LogP contribution is -2.37. The Hall–Kier alpha value is -0.253. The Balaban J connectivity index is 1.88. The van der Waals surface area contributed by atoms with Crippen LogP contribution in [0.2, 0.25) is 19.6 Å². The fourth-order valence-corrected chi connectivity index (χ4v) is 5.34. The standard InChI is InChI=1S/C17H29NSSi/c1-5-19-17-8-6-7-16(17)18-13-14-9-11-15(12-10-14)20(2,3)4/h9-12,16-18H,5-8,13H2,1-4H3. The zero-order valence-corrected chi connectivity index (χ0v) is 15.2. The highest BCUT2D eigenvalue weighted by molar-refractivity contribution is 7.99. The van der Waals surface area contributed by atoms with Gasteiger partial charge in [0.1, 0.15) is 0 Å². The van der Waals surface area contributed by atoms with Gasteiger partial charge < -0.3 is 5.32 Å². The fourth-order valence-electron chi connectivity index (χ4n) is 2.94. The topological polar surface area (TPSA) is 12.0 Å². The molecule has 1 aromatic rings. The predicted octanol–water partition coefficient (Wildman–Crippen LogP) is 4.00. The zero-order chi connectivity index (χ0) is 14.6. The minimum absolute atomic E-state index is 0.719. The van der Waals surface area contributed by atoms with Gasteiger partial charge in [0.15, 0.2) is 0 Å². The second kappa shape index (κ2) is 7.14. The Kier molecular flexibility index (Phi) is 5.76. The minimum atomic E-state index is -1.15. The van der Waals surface area contributed by atoms with Crippen molar-refractivity contribution in [1.82, 2.24) is 5.32 Å². The first-order chi connectivity index (χ1) is 9.50. The van der Waals surface area contributed by atoms with E-state index in [2.05, 4.69) is 67.9 Å². The van der Waals surface area contributed by atoms with E-state index in [0.29, 0.717) is 0 Å². The molecular weight excluding hydrogens is 278 g/mol. The highest BCUT2D eigenvalue weighted by Crippen LogP contribution is 2.30. The monoisotopic (exact) mass is 307 g/mol. The van der Waals surface area contributed by atoms with Crippen LogP contribution in [0.3, 0.4) is 0 Å². The van der Waals surface area contributed by atoms with Crippen LogP contribution in [0.25, 0.3) is 0 Å². The quantitative estimate of drug-likeness (QED) is 0.797. The van der Waals surface area contributed by atoms with Crippen molar-refractivity contribution in [3.05, 3.63) is 29.8 Å². The summed E-state index contributed by atoms with van der Waals surface area (Å²) in [7, 11) is -1.15. The first-order valence-corrected chi connectivity index (χ1v) is 12.5. The molecule has 0 radical (unpaired) electrons. The summed E-state index contributed by atoms with van der Waals surface area (Å²) in [6.45, 7) is 10.5. The summed E-state index contributed by atoms with van der Waals surface area (Å²) in [4.78, 5) is 0. The van der Waals surface area contributed by atoms with Crippen LogP contribution in [0.5, 0.6) is 0 Å². The van der Waals surface area contributed by atoms with Gasteiger partial charge in [-0.15, -0.1) is 0 Å². The third-order valence-corrected chi connectivity index (χ3v) is 7.61. The number of rotatable bonds is 6. The van der Waals surface area contributed by atoms with Crippen LogP contribution in [-0.4, -0.2) is 25.1 Å². The molecule has 0 aromatic heterocycles. The molecule has 1 aromatic carbocycles. The largest absolute Gasteiger partial charge is 0.309 e. The molecule has 1 saturated carbocycles. The van der Waals surface area contributed by atoms with Gasteiger partial charge in [0, 0.05) is 17.8 Å². The van der Waals surface area contributed by atoms with Gasteiger partial charge in [-0.3, -0.25) is 0 Å². The van der Waals surface area contributed by atoms with Gasteiger partial charge in [-0.25, -0.2) is 0 Å². The molecule has 0 heterocycles. The van der Waals surface area contributed by atoms with Gasteiger partial charge in [-0.2, -0.15) is 11.8 Å². The average molecular weight is 308 g/mol. The van der Waals surface area contributed by atoms with E-state index in [-0.39, 0.29) is 0 Å². The number of hydrogen-bond donors (Lipinski definition) is 1. The Morgan fingerprint density at radius 3 is 2.45 bits per heavy atom. The van der Waals surface area contributed by atoms with E-state index in [1.165, 1.54) is 30.6 Å². The highest BCUT2D eigenvalue weighted by atomic mass is 32.2. The molecule has 2 rings (SSSR count). The van der Waals surface area contributed by atoms with Crippen LogP contribution in [-0.2, 0) is 6.54 Å². The van der Waals surface area contributed by atoms with E-state index >= 15 is 0 Å². The molecular formula is C17H29NSSi. The first-order valence-electron chi connectivity index (χ1n) is 7.95. The minimum Gasteiger partial charge on any atom is -0.309 e. The second-order valence-corrected chi connectivity index (χ2v) is 13.5. The van der Waals surface area contributed by atoms with Crippen LogP contribution in [0, 0.1) is 0 Å². The molecule has 20 heavy (non-hydrogen) atoms. The zero-order valence-electron chi connectivity index (χ0n) is 13.4. The summed E-state index contributed by atoms with van der Waals surface area (Å²) in [6.07, 6.45) is 4.14. The summed E-state index contributed by atoms with van der Waals surface area (Å²) in [6, 6.07) is 10.0. The number of hydrogen-bond acceptors (Lipinski definition) is 2. The van der Waals surface area contributed by atoms with Crippen LogP contribution in [0.4, 0.5) is 0 Å². The smallest absolute Gasteiger partial charge is 0.0775 e. The van der Waals surface area contributed by atoms with Crippen molar-refractivity contribution in [2.75, 3.05) is 5.75 Å². The molecule has 1 fully saturated rings. The van der Waals surface area contributed by atoms with Crippen LogP contribution in [0.1, 0.15) is 31.7 Å². The third-order valence-electron chi connectivity index (χ3n) is 4.22. The maximum atomic E-state index is 3.78. The highest BCUT2D eigenvalue weighted by Gasteiger charge is 2.26. The Labute approximate surface area is 129 Å². The van der Waals surface area contributed by atoms with E-state index < -0.39 is 8.07 Å². The maximum Gasteiger partial charge on any atom is 0.0775 e. The molecule has 112 valence electrons. The van der Waals surface area contributed by atoms with Crippen molar-refractivity contribution in [3.63, 3.8) is 0 Å². The fraction of sp³-hybridized carbons (Fsp3) is 0.647. The lowest BCUT2D eigenvalue weighted by molar-refractivity contribution is 0.532. The summed E-state index contributed by atoms with van der Waals surface area (Å²) in [5, 5.41) is 6.17. The van der Waals surface area contributed by atoms with Crippen molar-refractivity contribution in [2.24, 2.45) is 0 Å². The lowest BCUT2D eigenvalue weighted by Gasteiger charge is -2.21. The van der Waals surface area contributed by atoms with Gasteiger partial charge in [0.05, 0.1) is 8.07 Å². The molecule has 2 atom stereocenters. The van der Waals surface area contributed by atoms with Gasteiger partial charge in [0.25, 0.3) is 0 Å². The lowest BCUT2D eigenvalue weighted by atomic mass is 10.2. The molecule has 1 aliphatic rings. The van der Waals surface area contributed by atoms with Crippen LogP contribution in [0.15, 0.2) is 24.3 Å². The summed E-state index contributed by atoms with van der Waals surface area (Å²) >= 11 is 2.13. The SMILES string of the molecule is CCSC1CCCC1NCc1ccc([Si](C)(C)C)cc1. The van der Waals surface area contributed by atoms with Gasteiger partial charge in [0.2, 0.25) is 0 Å². The van der Waals surface area contributed by atoms with Crippen molar-refractivity contribution < 1.29 is 0 Å². The van der Waals surface area contributed by atoms with Gasteiger partial charge in [-0.05, 0) is 24.2 Å². The summed E-state index contributed by atoms with van der Waals surface area (Å²) in [5.74, 6) is 1.24. The summed E-state index contributed by atoms with van der Waals surface area (Å²) < 4.78 is 0. The van der Waals surface area contributed by atoms with E-state index in [9.17, 15) is 0 Å². The Morgan fingerprint density at radius 2 is 1.85 bits per heavy atom. The van der Waals surface area contributed by atoms with Crippen molar-refractivity contribution in [3.8, 4) is 0 Å². The normalized spacial score (nSPS) is 23.2. The van der Waals surface area contributed by atoms with Crippen LogP contribution < -0.4 is 10.5 Å². The molecule has 2 unspecified atom stereocenters. The second-order valence-electron chi connectivity index (χ2n) is 6.86. The Morgan fingerprint density at radius 1 is 1.15 bits per heavy atom. The third kappa shape index (κ3) is 4.37. The molecule has 0 spiro atoms. The number of thioether (sulfide) groups is 1. The van der Waals surface area contributed by atoms with Crippen molar-refractivity contribution in [2.45, 2.75) is 63.7 Å². The van der Waals surface area contributed by atoms with Gasteiger partial charge >= 0.3 is 0 Å². The molecule has 0 aliphatic heterocycles. The molecule has 3 heteroatoms. The predicted molar refractivity (Wildman–Crippen MR) is 95.8 cm³/mol. The van der Waals surface area contributed by atoms with E-state index in [0.717, 1.165) is 17.8 Å². The Bertz CT molecular complexity index is 410. The van der Waals surface area contributed by atoms with Gasteiger partial charge in [-0.1, -0.05) is 62.4 Å². The molecule has 0 amide bonds. The molecule has 1 N–H and O–H groups in total. The first kappa shape index (κ1) is 16.1. The van der Waals surface area contributed by atoms with E-state index in [1.807, 2.05) is 0 Å². The number of benzene rings is 1. The summed E-state index contributed by atoms with van der Waals surface area (Å²) in [5.41, 5.74) is 1.43. The van der Waals surface area contributed by atoms with E-state index in [1.54, 1.807) is 5.19 Å². The molecule has 1 aliphatic carbocycles. The van der Waals surface area contributed by atoms with Crippen molar-refractivity contribution in [1.29, 1.82) is 0 Å².